The monoisotopic (exact) mass is 321 g/mol. The third kappa shape index (κ3) is 3.67. The second kappa shape index (κ2) is 6.22. The predicted molar refractivity (Wildman–Crippen MR) is 74.7 cm³/mol. The molecular weight excluding hydrogens is 312 g/mol. The normalized spacial score (nSPS) is 10.2. The molecule has 0 bridgehead atoms. The Morgan fingerprint density at radius 3 is 1.91 bits per heavy atom. The van der Waals surface area contributed by atoms with E-state index >= 15 is 0 Å². The van der Waals surface area contributed by atoms with Crippen LogP contribution in [0.2, 0.25) is 0 Å². The van der Waals surface area contributed by atoms with Crippen LogP contribution in [0.1, 0.15) is 31.1 Å². The first-order chi connectivity index (χ1) is 10.8. The van der Waals surface area contributed by atoms with Gasteiger partial charge in [0.05, 0.1) is 16.7 Å². The zero-order valence-corrected chi connectivity index (χ0v) is 11.3. The van der Waals surface area contributed by atoms with Gasteiger partial charge in [0, 0.05) is 11.8 Å². The quantitative estimate of drug-likeness (QED) is 0.803. The van der Waals surface area contributed by atoms with E-state index in [1.54, 1.807) is 0 Å². The van der Waals surface area contributed by atoms with E-state index < -0.39 is 35.0 Å². The molecule has 2 rings (SSSR count). The summed E-state index contributed by atoms with van der Waals surface area (Å²) in [6.45, 7) is 0. The van der Waals surface area contributed by atoms with Gasteiger partial charge in [0.15, 0.2) is 0 Å². The Morgan fingerprint density at radius 1 is 0.870 bits per heavy atom. The van der Waals surface area contributed by atoms with Crippen molar-refractivity contribution in [3.63, 3.8) is 0 Å². The van der Waals surface area contributed by atoms with Crippen molar-refractivity contribution in [2.45, 2.75) is 0 Å². The fourth-order valence-corrected chi connectivity index (χ4v) is 1.82. The lowest BCUT2D eigenvalue weighted by atomic mass is 10.1. The van der Waals surface area contributed by atoms with Crippen molar-refractivity contribution in [2.75, 3.05) is 5.32 Å². The van der Waals surface area contributed by atoms with E-state index in [-0.39, 0.29) is 16.8 Å². The highest BCUT2D eigenvalue weighted by Crippen LogP contribution is 2.18. The zero-order chi connectivity index (χ0) is 17.1. The van der Waals surface area contributed by atoms with Gasteiger partial charge in [0.25, 0.3) is 5.91 Å². The smallest absolute Gasteiger partial charge is 0.335 e. The van der Waals surface area contributed by atoms with E-state index in [1.807, 2.05) is 0 Å². The predicted octanol–water partition coefficient (Wildman–Crippen LogP) is 2.61. The van der Waals surface area contributed by atoms with Crippen LogP contribution in [0.15, 0.2) is 36.4 Å². The lowest BCUT2D eigenvalue weighted by Crippen LogP contribution is -2.15. The van der Waals surface area contributed by atoms with E-state index in [2.05, 4.69) is 5.32 Å². The number of nitrogens with one attached hydrogen (secondary N) is 1. The summed E-state index contributed by atoms with van der Waals surface area (Å²) in [4.78, 5) is 33.9. The highest BCUT2D eigenvalue weighted by atomic mass is 19.1. The van der Waals surface area contributed by atoms with Gasteiger partial charge in [-0.05, 0) is 30.3 Å². The highest BCUT2D eigenvalue weighted by Gasteiger charge is 2.16. The number of anilines is 1. The highest BCUT2D eigenvalue weighted by molar-refractivity contribution is 6.06. The largest absolute Gasteiger partial charge is 0.478 e. The number of carboxylic acid groups (broad SMARTS) is 2. The van der Waals surface area contributed by atoms with Gasteiger partial charge in [0.1, 0.15) is 11.6 Å². The maximum atomic E-state index is 13.5. The summed E-state index contributed by atoms with van der Waals surface area (Å²) in [6.07, 6.45) is 0. The lowest BCUT2D eigenvalue weighted by molar-refractivity contribution is 0.0696. The zero-order valence-electron chi connectivity index (χ0n) is 11.3. The topological polar surface area (TPSA) is 104 Å². The van der Waals surface area contributed by atoms with Gasteiger partial charge >= 0.3 is 11.9 Å². The van der Waals surface area contributed by atoms with Crippen LogP contribution < -0.4 is 5.32 Å². The van der Waals surface area contributed by atoms with E-state index in [4.69, 9.17) is 10.2 Å². The molecule has 0 aliphatic rings. The number of aromatic carboxylic acids is 2. The summed E-state index contributed by atoms with van der Waals surface area (Å²) in [6, 6.07) is 5.28. The van der Waals surface area contributed by atoms with Crippen LogP contribution >= 0.6 is 0 Å². The van der Waals surface area contributed by atoms with Crippen LogP contribution in [0.3, 0.4) is 0 Å². The Balaban J connectivity index is 2.37. The first-order valence-corrected chi connectivity index (χ1v) is 6.16. The summed E-state index contributed by atoms with van der Waals surface area (Å²) in [5.41, 5.74) is -1.33. The summed E-state index contributed by atoms with van der Waals surface area (Å²) < 4.78 is 26.3. The Kier molecular flexibility index (Phi) is 4.35. The third-order valence-electron chi connectivity index (χ3n) is 2.86. The number of carbonyl (C=O) groups excluding carboxylic acids is 1. The number of amides is 1. The molecule has 8 heteroatoms. The van der Waals surface area contributed by atoms with Crippen molar-refractivity contribution >= 4 is 23.5 Å². The summed E-state index contributed by atoms with van der Waals surface area (Å²) >= 11 is 0. The van der Waals surface area contributed by atoms with Gasteiger partial charge in [0.2, 0.25) is 0 Å². The molecule has 3 N–H and O–H groups in total. The molecule has 0 aromatic heterocycles. The van der Waals surface area contributed by atoms with E-state index in [0.29, 0.717) is 6.07 Å². The standard InChI is InChI=1S/C15H9F2NO5/c16-9-1-2-11(12(17)6-9)13(19)18-10-4-7(14(20)21)3-8(5-10)15(22)23/h1-6H,(H,18,19)(H,20,21)(H,22,23). The van der Waals surface area contributed by atoms with E-state index in [9.17, 15) is 23.2 Å². The Morgan fingerprint density at radius 2 is 1.43 bits per heavy atom. The molecule has 0 radical (unpaired) electrons. The van der Waals surface area contributed by atoms with E-state index in [1.165, 1.54) is 0 Å². The molecule has 0 unspecified atom stereocenters. The number of rotatable bonds is 4. The number of carboxylic acids is 2. The fourth-order valence-electron chi connectivity index (χ4n) is 1.82. The molecule has 0 saturated heterocycles. The van der Waals surface area contributed by atoms with Crippen molar-refractivity contribution in [3.05, 3.63) is 64.7 Å². The lowest BCUT2D eigenvalue weighted by Gasteiger charge is -2.08. The van der Waals surface area contributed by atoms with Gasteiger partial charge in [-0.25, -0.2) is 18.4 Å². The molecular formula is C15H9F2NO5. The van der Waals surface area contributed by atoms with Crippen LogP contribution in [0.4, 0.5) is 14.5 Å². The Labute approximate surface area is 128 Å². The van der Waals surface area contributed by atoms with Crippen LogP contribution in [-0.2, 0) is 0 Å². The summed E-state index contributed by atoms with van der Waals surface area (Å²) in [5.74, 6) is -5.72. The van der Waals surface area contributed by atoms with Gasteiger partial charge in [-0.3, -0.25) is 4.79 Å². The summed E-state index contributed by atoms with van der Waals surface area (Å²) in [5, 5.41) is 20.0. The van der Waals surface area contributed by atoms with Gasteiger partial charge in [-0.15, -0.1) is 0 Å². The molecule has 23 heavy (non-hydrogen) atoms. The van der Waals surface area contributed by atoms with Crippen LogP contribution in [0.25, 0.3) is 0 Å². The van der Waals surface area contributed by atoms with E-state index in [0.717, 1.165) is 30.3 Å². The molecule has 2 aromatic rings. The Hall–Kier alpha value is -3.29. The van der Waals surface area contributed by atoms with Crippen molar-refractivity contribution in [1.29, 1.82) is 0 Å². The minimum atomic E-state index is -1.39. The number of halogens is 2. The molecule has 2 aromatic carbocycles. The maximum absolute atomic E-state index is 13.5. The summed E-state index contributed by atoms with van der Waals surface area (Å²) in [7, 11) is 0. The van der Waals surface area contributed by atoms with Gasteiger partial charge in [-0.2, -0.15) is 0 Å². The average molecular weight is 321 g/mol. The second-order valence-corrected chi connectivity index (χ2v) is 4.49. The molecule has 0 heterocycles. The first kappa shape index (κ1) is 16.1. The molecule has 118 valence electrons. The number of benzene rings is 2. The minimum Gasteiger partial charge on any atom is -0.478 e. The Bertz CT molecular complexity index is 787. The molecule has 0 atom stereocenters. The van der Waals surface area contributed by atoms with Crippen LogP contribution in [0.5, 0.6) is 0 Å². The first-order valence-electron chi connectivity index (χ1n) is 6.16. The van der Waals surface area contributed by atoms with Gasteiger partial charge < -0.3 is 15.5 Å². The average Bonchev–Trinajstić information content (AvgIpc) is 2.46. The van der Waals surface area contributed by atoms with Crippen molar-refractivity contribution in [3.8, 4) is 0 Å². The number of carbonyl (C=O) groups is 3. The van der Waals surface area contributed by atoms with Crippen molar-refractivity contribution in [1.82, 2.24) is 0 Å². The minimum absolute atomic E-state index is 0.143. The molecule has 1 amide bonds. The molecule has 6 nitrogen and oxygen atoms in total. The van der Waals surface area contributed by atoms with Crippen molar-refractivity contribution < 1.29 is 33.4 Å². The number of hydrogen-bond acceptors (Lipinski definition) is 3. The van der Waals surface area contributed by atoms with Gasteiger partial charge in [-0.1, -0.05) is 0 Å². The molecule has 0 fully saturated rings. The van der Waals surface area contributed by atoms with Crippen LogP contribution in [0, 0.1) is 11.6 Å². The fraction of sp³-hybridized carbons (Fsp3) is 0. The maximum Gasteiger partial charge on any atom is 0.335 e. The third-order valence-corrected chi connectivity index (χ3v) is 2.86. The molecule has 0 aliphatic carbocycles. The molecule has 0 aliphatic heterocycles. The van der Waals surface area contributed by atoms with Crippen LogP contribution in [-0.4, -0.2) is 28.1 Å². The second-order valence-electron chi connectivity index (χ2n) is 4.49. The molecule has 0 saturated carbocycles. The SMILES string of the molecule is O=C(O)c1cc(NC(=O)c2ccc(F)cc2F)cc(C(=O)O)c1. The molecule has 0 spiro atoms. The van der Waals surface area contributed by atoms with Crippen molar-refractivity contribution in [2.24, 2.45) is 0 Å². The number of hydrogen-bond donors (Lipinski definition) is 3.